The van der Waals surface area contributed by atoms with E-state index in [1.54, 1.807) is 0 Å². The molecular weight excluding hydrogens is 518 g/mol. The highest BCUT2D eigenvalue weighted by Crippen LogP contribution is 2.42. The molecule has 6 nitrogen and oxygen atoms in total. The number of hydrogen-bond acceptors (Lipinski definition) is 5. The van der Waals surface area contributed by atoms with Crippen LogP contribution in [-0.4, -0.2) is 28.3 Å². The van der Waals surface area contributed by atoms with Crippen molar-refractivity contribution in [2.75, 3.05) is 23.5 Å². The van der Waals surface area contributed by atoms with Gasteiger partial charge in [-0.25, -0.2) is 9.97 Å². The number of hydrogen-bond donors (Lipinski definition) is 0. The highest BCUT2D eigenvalue weighted by Gasteiger charge is 2.26. The van der Waals surface area contributed by atoms with E-state index in [4.69, 9.17) is 9.72 Å². The molecule has 0 bridgehead atoms. The smallest absolute Gasteiger partial charge is 0.221 e. The second-order valence-electron chi connectivity index (χ2n) is 12.3. The second kappa shape index (κ2) is 9.62. The van der Waals surface area contributed by atoms with E-state index in [0.717, 1.165) is 40.3 Å². The topological polar surface area (TPSA) is 46.4 Å². The Bertz CT molecular complexity index is 1980. The molecule has 0 radical (unpaired) electrons. The first-order chi connectivity index (χ1) is 20.2. The van der Waals surface area contributed by atoms with E-state index in [0.29, 0.717) is 5.88 Å². The van der Waals surface area contributed by atoms with Crippen molar-refractivity contribution in [2.24, 2.45) is 0 Å². The van der Waals surface area contributed by atoms with Crippen LogP contribution in [0.25, 0.3) is 27.6 Å². The van der Waals surface area contributed by atoms with Crippen molar-refractivity contribution in [1.29, 1.82) is 0 Å². The van der Waals surface area contributed by atoms with Gasteiger partial charge in [-0.2, -0.15) is 0 Å². The molecule has 0 spiro atoms. The van der Waals surface area contributed by atoms with Gasteiger partial charge in [-0.05, 0) is 84.5 Å². The minimum atomic E-state index is 0.0175. The fraction of sp³-hybridized carbons (Fsp3) is 0.222. The van der Waals surface area contributed by atoms with Crippen molar-refractivity contribution in [2.45, 2.75) is 40.0 Å². The second-order valence-corrected chi connectivity index (χ2v) is 12.3. The van der Waals surface area contributed by atoms with E-state index < -0.39 is 0 Å². The van der Waals surface area contributed by atoms with Crippen molar-refractivity contribution < 1.29 is 4.74 Å². The standard InChI is InChI=1S/C36H35N5O/c1-23-17-32-33(18-24(23)2)40(22-39(32)6)26-14-16-38-35(20-26)42-27-11-12-29-28-9-7-8-10-30(28)41(31(29)21-27)34-19-25(13-15-37-34)36(3,4)5/h7-21H,22H2,1-6H3. The summed E-state index contributed by atoms with van der Waals surface area (Å²) in [6.07, 6.45) is 3.73. The Labute approximate surface area is 246 Å². The molecule has 1 aliphatic rings. The third-order valence-electron chi connectivity index (χ3n) is 8.38. The summed E-state index contributed by atoms with van der Waals surface area (Å²) in [5.74, 6) is 2.18. The largest absolute Gasteiger partial charge is 0.439 e. The van der Waals surface area contributed by atoms with E-state index >= 15 is 0 Å². The third-order valence-corrected chi connectivity index (χ3v) is 8.38. The molecule has 4 heterocycles. The molecule has 0 aliphatic carbocycles. The van der Waals surface area contributed by atoms with Gasteiger partial charge in [0.25, 0.3) is 0 Å². The van der Waals surface area contributed by atoms with Crippen molar-refractivity contribution in [1.82, 2.24) is 14.5 Å². The number of anilines is 3. The highest BCUT2D eigenvalue weighted by molar-refractivity contribution is 6.09. The summed E-state index contributed by atoms with van der Waals surface area (Å²) in [4.78, 5) is 14.0. The SMILES string of the molecule is Cc1cc2c(cc1C)N(c1ccnc(Oc3ccc4c5ccccc5n(-c5cc(C(C)(C)C)ccn5)c4c3)c1)CN2C. The molecule has 0 N–H and O–H groups in total. The summed E-state index contributed by atoms with van der Waals surface area (Å²) in [5.41, 5.74) is 9.49. The Morgan fingerprint density at radius 1 is 0.738 bits per heavy atom. The summed E-state index contributed by atoms with van der Waals surface area (Å²) in [5, 5.41) is 2.34. The molecule has 0 saturated carbocycles. The zero-order valence-electron chi connectivity index (χ0n) is 25.0. The molecule has 0 atom stereocenters. The Hall–Kier alpha value is -4.84. The fourth-order valence-electron chi connectivity index (χ4n) is 5.90. The zero-order valence-corrected chi connectivity index (χ0v) is 25.0. The van der Waals surface area contributed by atoms with E-state index in [9.17, 15) is 0 Å². The monoisotopic (exact) mass is 553 g/mol. The fourth-order valence-corrected chi connectivity index (χ4v) is 5.90. The van der Waals surface area contributed by atoms with Gasteiger partial charge in [0.05, 0.1) is 29.1 Å². The molecule has 7 rings (SSSR count). The first kappa shape index (κ1) is 26.1. The summed E-state index contributed by atoms with van der Waals surface area (Å²) < 4.78 is 8.66. The number of aromatic nitrogens is 3. The molecule has 6 aromatic rings. The maximum atomic E-state index is 6.42. The molecule has 0 unspecified atom stereocenters. The molecule has 0 saturated heterocycles. The van der Waals surface area contributed by atoms with Crippen LogP contribution in [-0.2, 0) is 5.41 Å². The number of aryl methyl sites for hydroxylation is 2. The average Bonchev–Trinajstić information content (AvgIpc) is 3.47. The Balaban J connectivity index is 1.29. The lowest BCUT2D eigenvalue weighted by Crippen LogP contribution is -2.24. The summed E-state index contributed by atoms with van der Waals surface area (Å²) in [6, 6.07) is 27.6. The van der Waals surface area contributed by atoms with Crippen LogP contribution < -0.4 is 14.5 Å². The quantitative estimate of drug-likeness (QED) is 0.218. The lowest BCUT2D eigenvalue weighted by atomic mass is 9.88. The van der Waals surface area contributed by atoms with Crippen molar-refractivity contribution in [3.63, 3.8) is 0 Å². The maximum absolute atomic E-state index is 6.42. The van der Waals surface area contributed by atoms with Gasteiger partial charge in [0.2, 0.25) is 5.88 Å². The molecule has 0 amide bonds. The van der Waals surface area contributed by atoms with E-state index in [-0.39, 0.29) is 5.41 Å². The van der Waals surface area contributed by atoms with Crippen molar-refractivity contribution in [3.05, 3.63) is 108 Å². The van der Waals surface area contributed by atoms with Crippen molar-refractivity contribution in [3.8, 4) is 17.4 Å². The highest BCUT2D eigenvalue weighted by atomic mass is 16.5. The first-order valence-electron chi connectivity index (χ1n) is 14.4. The average molecular weight is 554 g/mol. The number of nitrogens with zero attached hydrogens (tertiary/aromatic N) is 5. The minimum absolute atomic E-state index is 0.0175. The molecule has 3 aromatic heterocycles. The van der Waals surface area contributed by atoms with Gasteiger partial charge in [-0.15, -0.1) is 0 Å². The predicted octanol–water partition coefficient (Wildman–Crippen LogP) is 8.83. The van der Waals surface area contributed by atoms with Crippen LogP contribution in [0.15, 0.2) is 91.3 Å². The van der Waals surface area contributed by atoms with Gasteiger partial charge in [-0.1, -0.05) is 39.0 Å². The van der Waals surface area contributed by atoms with Gasteiger partial charge in [0.15, 0.2) is 0 Å². The first-order valence-corrected chi connectivity index (χ1v) is 14.4. The van der Waals surface area contributed by atoms with Gasteiger partial charge < -0.3 is 14.5 Å². The van der Waals surface area contributed by atoms with E-state index in [1.807, 2.05) is 30.6 Å². The summed E-state index contributed by atoms with van der Waals surface area (Å²) >= 11 is 0. The number of fused-ring (bicyclic) bond motifs is 4. The molecule has 0 fully saturated rings. The molecular formula is C36H35N5O. The van der Waals surface area contributed by atoms with E-state index in [2.05, 4.69) is 122 Å². The summed E-state index contributed by atoms with van der Waals surface area (Å²) in [7, 11) is 2.13. The van der Waals surface area contributed by atoms with Crippen LogP contribution in [0.1, 0.15) is 37.5 Å². The normalized spacial score (nSPS) is 13.3. The Kier molecular flexibility index (Phi) is 5.98. The van der Waals surface area contributed by atoms with Crippen LogP contribution in [0.2, 0.25) is 0 Å². The van der Waals surface area contributed by atoms with Gasteiger partial charge >= 0.3 is 0 Å². The predicted molar refractivity (Wildman–Crippen MR) is 173 cm³/mol. The van der Waals surface area contributed by atoms with Gasteiger partial charge in [0.1, 0.15) is 11.6 Å². The lowest BCUT2D eigenvalue weighted by molar-refractivity contribution is 0.463. The number of para-hydroxylation sites is 1. The Morgan fingerprint density at radius 3 is 2.29 bits per heavy atom. The zero-order chi connectivity index (χ0) is 29.2. The molecule has 42 heavy (non-hydrogen) atoms. The molecule has 1 aliphatic heterocycles. The van der Waals surface area contributed by atoms with Crippen LogP contribution >= 0.6 is 0 Å². The number of pyridine rings is 2. The third kappa shape index (κ3) is 4.35. The van der Waals surface area contributed by atoms with Crippen LogP contribution in [0.3, 0.4) is 0 Å². The minimum Gasteiger partial charge on any atom is -0.439 e. The van der Waals surface area contributed by atoms with E-state index in [1.165, 1.54) is 33.5 Å². The van der Waals surface area contributed by atoms with Crippen LogP contribution in [0, 0.1) is 13.8 Å². The molecule has 3 aromatic carbocycles. The molecule has 6 heteroatoms. The maximum Gasteiger partial charge on any atom is 0.221 e. The lowest BCUT2D eigenvalue weighted by Gasteiger charge is -2.20. The van der Waals surface area contributed by atoms with Gasteiger partial charge in [-0.3, -0.25) is 4.57 Å². The molecule has 210 valence electrons. The summed E-state index contributed by atoms with van der Waals surface area (Å²) in [6.45, 7) is 11.8. The van der Waals surface area contributed by atoms with Gasteiger partial charge in [0, 0.05) is 48.0 Å². The Morgan fingerprint density at radius 2 is 1.48 bits per heavy atom. The number of benzene rings is 3. The van der Waals surface area contributed by atoms with Crippen molar-refractivity contribution >= 4 is 38.9 Å². The number of ether oxygens (including phenoxy) is 1. The number of rotatable bonds is 4. The van der Waals surface area contributed by atoms with Crippen LogP contribution in [0.4, 0.5) is 17.1 Å². The van der Waals surface area contributed by atoms with Crippen LogP contribution in [0.5, 0.6) is 11.6 Å².